The Morgan fingerprint density at radius 2 is 1.10 bits per heavy atom. The normalized spacial score (nSPS) is 11.6. The first-order chi connectivity index (χ1) is 24.2. The molecular weight excluding hydrogens is 601 g/mol. The zero-order chi connectivity index (χ0) is 32.6. The maximum atomic E-state index is 10.5. The molecule has 0 unspecified atom stereocenters. The summed E-state index contributed by atoms with van der Waals surface area (Å²) in [6.45, 7) is 0. The van der Waals surface area contributed by atoms with Crippen LogP contribution < -0.4 is 0 Å². The average molecular weight is 625 g/mol. The molecule has 0 bridgehead atoms. The Kier molecular flexibility index (Phi) is 5.64. The summed E-state index contributed by atoms with van der Waals surface area (Å²) in [4.78, 5) is 0. The van der Waals surface area contributed by atoms with E-state index in [1.54, 1.807) is 0 Å². The number of aromatic nitrogens is 2. The minimum Gasteiger partial charge on any atom is -0.456 e. The van der Waals surface area contributed by atoms with Crippen molar-refractivity contribution in [2.75, 3.05) is 0 Å². The molecule has 0 aliphatic rings. The summed E-state index contributed by atoms with van der Waals surface area (Å²) in [5, 5.41) is 27.3. The maximum Gasteiger partial charge on any atom is 0.137 e. The first-order valence-corrected chi connectivity index (χ1v) is 16.1. The third kappa shape index (κ3) is 3.85. The molecule has 0 amide bonds. The Hall–Kier alpha value is -7.08. The third-order valence-electron chi connectivity index (χ3n) is 9.75. The highest BCUT2D eigenvalue weighted by Crippen LogP contribution is 2.42. The highest BCUT2D eigenvalue weighted by molar-refractivity contribution is 6.24. The molecule has 10 rings (SSSR count). The number of fused-ring (bicyclic) bond motifs is 10. The first-order valence-electron chi connectivity index (χ1n) is 16.1. The highest BCUT2D eigenvalue weighted by Gasteiger charge is 2.21. The monoisotopic (exact) mass is 624 g/mol. The van der Waals surface area contributed by atoms with Crippen molar-refractivity contribution in [3.63, 3.8) is 0 Å². The summed E-state index contributed by atoms with van der Waals surface area (Å²) in [5.74, 6) is 0. The lowest BCUT2D eigenvalue weighted by Gasteiger charge is -2.15. The van der Waals surface area contributed by atoms with Gasteiger partial charge >= 0.3 is 0 Å². The van der Waals surface area contributed by atoms with Crippen molar-refractivity contribution >= 4 is 65.6 Å². The molecule has 0 atom stereocenters. The van der Waals surface area contributed by atoms with Crippen molar-refractivity contribution in [1.82, 2.24) is 9.13 Å². The third-order valence-corrected chi connectivity index (χ3v) is 9.75. The number of nitriles is 2. The van der Waals surface area contributed by atoms with Crippen LogP contribution in [0.5, 0.6) is 0 Å². The van der Waals surface area contributed by atoms with Gasteiger partial charge in [0.15, 0.2) is 0 Å². The quantitative estimate of drug-likeness (QED) is 0.196. The van der Waals surface area contributed by atoms with Gasteiger partial charge in [-0.15, -0.1) is 0 Å². The second kappa shape index (κ2) is 10.2. The molecule has 0 aliphatic heterocycles. The molecular formula is C44H24N4O. The van der Waals surface area contributed by atoms with Crippen molar-refractivity contribution in [1.29, 1.82) is 10.5 Å². The summed E-state index contributed by atoms with van der Waals surface area (Å²) in [6, 6.07) is 54.1. The standard InChI is InChI=1S/C44H24N4O/c45-25-27-21-30(23-31(22-27)47-37-13-5-1-9-32(37)33-10-2-6-14-38(33)47)28-17-18-29(26-46)40(24-28)48-39-15-7-3-11-34(39)35-19-20-42-43(44(35)48)36-12-4-8-16-41(36)49-42/h1-24H. The molecule has 0 fully saturated rings. The molecule has 0 aliphatic carbocycles. The molecule has 226 valence electrons. The highest BCUT2D eigenvalue weighted by atomic mass is 16.3. The number of hydrogen-bond acceptors (Lipinski definition) is 3. The van der Waals surface area contributed by atoms with E-state index in [1.807, 2.05) is 66.7 Å². The Morgan fingerprint density at radius 3 is 1.80 bits per heavy atom. The van der Waals surface area contributed by atoms with Crippen LogP contribution in [0.3, 0.4) is 0 Å². The fourth-order valence-corrected chi connectivity index (χ4v) is 7.68. The van der Waals surface area contributed by atoms with Crippen molar-refractivity contribution in [3.05, 3.63) is 157 Å². The van der Waals surface area contributed by atoms with Gasteiger partial charge in [0.05, 0.1) is 50.3 Å². The predicted octanol–water partition coefficient (Wildman–Crippen LogP) is 11.2. The van der Waals surface area contributed by atoms with E-state index in [4.69, 9.17) is 4.42 Å². The van der Waals surface area contributed by atoms with Gasteiger partial charge in [-0.05, 0) is 77.9 Å². The van der Waals surface area contributed by atoms with Crippen LogP contribution in [0.25, 0.3) is 88.1 Å². The molecule has 3 heterocycles. The molecule has 49 heavy (non-hydrogen) atoms. The van der Waals surface area contributed by atoms with E-state index < -0.39 is 0 Å². The van der Waals surface area contributed by atoms with E-state index in [2.05, 4.69) is 100 Å². The van der Waals surface area contributed by atoms with Crippen LogP contribution in [0.15, 0.2) is 150 Å². The number of rotatable bonds is 3. The number of hydrogen-bond donors (Lipinski definition) is 0. The van der Waals surface area contributed by atoms with Gasteiger partial charge < -0.3 is 13.6 Å². The number of nitrogens with zero attached hydrogens (tertiary/aromatic N) is 4. The zero-order valence-corrected chi connectivity index (χ0v) is 26.1. The second-order valence-electron chi connectivity index (χ2n) is 12.4. The second-order valence-corrected chi connectivity index (χ2v) is 12.4. The lowest BCUT2D eigenvalue weighted by atomic mass is 9.99. The van der Waals surface area contributed by atoms with Crippen molar-refractivity contribution < 1.29 is 4.42 Å². The molecule has 0 radical (unpaired) electrons. The van der Waals surface area contributed by atoms with Crippen LogP contribution in [0.4, 0.5) is 0 Å². The number of benzene rings is 7. The summed E-state index contributed by atoms with van der Waals surface area (Å²) >= 11 is 0. The Bertz CT molecular complexity index is 3030. The van der Waals surface area contributed by atoms with Crippen LogP contribution in [-0.2, 0) is 0 Å². The molecule has 0 saturated heterocycles. The van der Waals surface area contributed by atoms with Crippen molar-refractivity contribution in [3.8, 4) is 34.6 Å². The summed E-state index contributed by atoms with van der Waals surface area (Å²) in [5.41, 5.74) is 10.3. The smallest absolute Gasteiger partial charge is 0.137 e. The van der Waals surface area contributed by atoms with Crippen LogP contribution in [0.2, 0.25) is 0 Å². The maximum absolute atomic E-state index is 10.5. The van der Waals surface area contributed by atoms with E-state index >= 15 is 0 Å². The summed E-state index contributed by atoms with van der Waals surface area (Å²) in [7, 11) is 0. The zero-order valence-electron chi connectivity index (χ0n) is 26.1. The molecule has 0 spiro atoms. The van der Waals surface area contributed by atoms with Gasteiger partial charge in [-0.1, -0.05) is 78.9 Å². The lowest BCUT2D eigenvalue weighted by Crippen LogP contribution is -1.99. The van der Waals surface area contributed by atoms with Crippen molar-refractivity contribution in [2.45, 2.75) is 0 Å². The lowest BCUT2D eigenvalue weighted by molar-refractivity contribution is 0.669. The van der Waals surface area contributed by atoms with Gasteiger partial charge in [0.1, 0.15) is 17.2 Å². The number of furan rings is 1. The predicted molar refractivity (Wildman–Crippen MR) is 197 cm³/mol. The van der Waals surface area contributed by atoms with E-state index in [0.717, 1.165) is 88.1 Å². The molecule has 7 aromatic carbocycles. The van der Waals surface area contributed by atoms with Crippen LogP contribution in [0, 0.1) is 22.7 Å². The fraction of sp³-hybridized carbons (Fsp3) is 0. The average Bonchev–Trinajstić information content (AvgIpc) is 3.82. The van der Waals surface area contributed by atoms with Gasteiger partial charge in [0.2, 0.25) is 0 Å². The van der Waals surface area contributed by atoms with Gasteiger partial charge in [-0.25, -0.2) is 0 Å². The summed E-state index contributed by atoms with van der Waals surface area (Å²) < 4.78 is 10.8. The molecule has 0 saturated carbocycles. The Balaban J connectivity index is 1.27. The van der Waals surface area contributed by atoms with Gasteiger partial charge in [-0.3, -0.25) is 0 Å². The first kappa shape index (κ1) is 27.1. The fourth-order valence-electron chi connectivity index (χ4n) is 7.68. The number of para-hydroxylation sites is 4. The van der Waals surface area contributed by atoms with Gasteiger partial charge in [-0.2, -0.15) is 10.5 Å². The van der Waals surface area contributed by atoms with E-state index in [9.17, 15) is 10.5 Å². The van der Waals surface area contributed by atoms with Gasteiger partial charge in [0, 0.05) is 32.6 Å². The van der Waals surface area contributed by atoms with E-state index in [1.165, 1.54) is 0 Å². The molecule has 3 aromatic heterocycles. The molecule has 5 nitrogen and oxygen atoms in total. The minimum atomic E-state index is 0.551. The van der Waals surface area contributed by atoms with Crippen LogP contribution >= 0.6 is 0 Å². The topological polar surface area (TPSA) is 70.6 Å². The minimum absolute atomic E-state index is 0.551. The van der Waals surface area contributed by atoms with E-state index in [0.29, 0.717) is 11.1 Å². The largest absolute Gasteiger partial charge is 0.456 e. The van der Waals surface area contributed by atoms with Crippen LogP contribution in [0.1, 0.15) is 11.1 Å². The van der Waals surface area contributed by atoms with Crippen LogP contribution in [-0.4, -0.2) is 9.13 Å². The van der Waals surface area contributed by atoms with Crippen molar-refractivity contribution in [2.24, 2.45) is 0 Å². The molecule has 10 aromatic rings. The van der Waals surface area contributed by atoms with E-state index in [-0.39, 0.29) is 0 Å². The van der Waals surface area contributed by atoms with Gasteiger partial charge in [0.25, 0.3) is 0 Å². The summed E-state index contributed by atoms with van der Waals surface area (Å²) in [6.07, 6.45) is 0. The Morgan fingerprint density at radius 1 is 0.469 bits per heavy atom. The molecule has 0 N–H and O–H groups in total. The SMILES string of the molecule is N#Cc1cc(-c2ccc(C#N)c(-n3c4ccccc4c4ccc5oc6ccccc6c5c43)c2)cc(-n2c3ccccc3c3ccccc32)c1. The Labute approximate surface area is 280 Å². The molecule has 5 heteroatoms.